The number of esters is 1. The molecule has 4 fully saturated rings. The smallest absolute Gasteiger partial charge is 0.305 e. The number of rotatable bonds is 5. The molecule has 2 N–H and O–H groups in total. The van der Waals surface area contributed by atoms with Gasteiger partial charge in [0.15, 0.2) is 0 Å². The molecule has 4 nitrogen and oxygen atoms in total. The zero-order valence-corrected chi connectivity index (χ0v) is 20.5. The Kier molecular flexibility index (Phi) is 6.55. The summed E-state index contributed by atoms with van der Waals surface area (Å²) < 4.78 is 4.88. The van der Waals surface area contributed by atoms with E-state index >= 15 is 0 Å². The number of hydrogen-bond acceptors (Lipinski definition) is 4. The maximum Gasteiger partial charge on any atom is 0.305 e. The van der Waals surface area contributed by atoms with E-state index in [0.717, 1.165) is 32.1 Å². The minimum atomic E-state index is -0.230. The van der Waals surface area contributed by atoms with E-state index in [2.05, 4.69) is 27.7 Å². The summed E-state index contributed by atoms with van der Waals surface area (Å²) in [6.45, 7) is 9.58. The zero-order valence-electron chi connectivity index (χ0n) is 20.5. The highest BCUT2D eigenvalue weighted by molar-refractivity contribution is 5.69. The molecule has 4 aliphatic rings. The summed E-state index contributed by atoms with van der Waals surface area (Å²) >= 11 is 0. The molecule has 0 heterocycles. The summed E-state index contributed by atoms with van der Waals surface area (Å²) in [6.07, 6.45) is 9.87. The topological polar surface area (TPSA) is 66.8 Å². The van der Waals surface area contributed by atoms with Crippen LogP contribution in [0.2, 0.25) is 0 Å². The lowest BCUT2D eigenvalue weighted by Gasteiger charge is -2.64. The third-order valence-electron chi connectivity index (χ3n) is 11.2. The Hall–Kier alpha value is -0.610. The van der Waals surface area contributed by atoms with Crippen LogP contribution in [0.1, 0.15) is 91.9 Å². The zero-order chi connectivity index (χ0) is 22.6. The predicted octanol–water partition coefficient (Wildman–Crippen LogP) is 5.20. The Balaban J connectivity index is 1.58. The Bertz CT molecular complexity index is 664. The molecule has 0 amide bonds. The molecule has 4 saturated carbocycles. The van der Waals surface area contributed by atoms with Gasteiger partial charge in [-0.25, -0.2) is 0 Å². The van der Waals surface area contributed by atoms with Gasteiger partial charge in [0.2, 0.25) is 0 Å². The van der Waals surface area contributed by atoms with Crippen LogP contribution in [0, 0.1) is 52.3 Å². The maximum absolute atomic E-state index is 11.8. The Labute approximate surface area is 189 Å². The Morgan fingerprint density at radius 2 is 1.71 bits per heavy atom. The van der Waals surface area contributed by atoms with E-state index < -0.39 is 0 Å². The third-order valence-corrected chi connectivity index (χ3v) is 11.2. The van der Waals surface area contributed by atoms with E-state index in [1.165, 1.54) is 32.8 Å². The van der Waals surface area contributed by atoms with Gasteiger partial charge in [0.25, 0.3) is 0 Å². The average molecular weight is 435 g/mol. The van der Waals surface area contributed by atoms with Crippen LogP contribution in [0.25, 0.3) is 0 Å². The molecule has 0 aliphatic heterocycles. The van der Waals surface area contributed by atoms with Gasteiger partial charge in [0, 0.05) is 6.42 Å². The third kappa shape index (κ3) is 3.68. The average Bonchev–Trinajstić information content (AvgIpc) is 3.10. The van der Waals surface area contributed by atoms with Crippen molar-refractivity contribution in [3.05, 3.63) is 0 Å². The number of aliphatic hydroxyl groups excluding tert-OH is 2. The quantitative estimate of drug-likeness (QED) is 0.584. The minimum absolute atomic E-state index is 0.0952. The maximum atomic E-state index is 11.8. The van der Waals surface area contributed by atoms with Crippen molar-refractivity contribution in [2.24, 2.45) is 52.3 Å². The molecule has 0 aromatic carbocycles. The van der Waals surface area contributed by atoms with E-state index in [1.807, 2.05) is 0 Å². The number of methoxy groups -OCH3 is 1. The first kappa shape index (κ1) is 23.5. The summed E-state index contributed by atoms with van der Waals surface area (Å²) in [6, 6.07) is 0. The van der Waals surface area contributed by atoms with Gasteiger partial charge in [-0.1, -0.05) is 34.1 Å². The molecule has 0 saturated heterocycles. The number of hydrogen-bond donors (Lipinski definition) is 2. The first-order valence-corrected chi connectivity index (χ1v) is 13.1. The van der Waals surface area contributed by atoms with Crippen molar-refractivity contribution in [1.82, 2.24) is 0 Å². The van der Waals surface area contributed by atoms with Gasteiger partial charge >= 0.3 is 5.97 Å². The first-order valence-electron chi connectivity index (χ1n) is 13.1. The summed E-state index contributed by atoms with van der Waals surface area (Å²) in [4.78, 5) is 11.7. The summed E-state index contributed by atoms with van der Waals surface area (Å²) in [7, 11) is 1.48. The molecule has 4 aliphatic carbocycles. The first-order chi connectivity index (χ1) is 14.7. The highest BCUT2D eigenvalue weighted by Gasteiger charge is 2.64. The fourth-order valence-corrected chi connectivity index (χ4v) is 9.58. The highest BCUT2D eigenvalue weighted by Crippen LogP contribution is 2.69. The summed E-state index contributed by atoms with van der Waals surface area (Å²) in [5.41, 5.74) is 0.535. The van der Waals surface area contributed by atoms with Crippen LogP contribution in [0.15, 0.2) is 0 Å². The van der Waals surface area contributed by atoms with Crippen LogP contribution in [0.3, 0.4) is 0 Å². The van der Waals surface area contributed by atoms with Gasteiger partial charge in [-0.05, 0) is 104 Å². The molecule has 11 atom stereocenters. The van der Waals surface area contributed by atoms with Crippen LogP contribution in [0.4, 0.5) is 0 Å². The molecular weight excluding hydrogens is 388 g/mol. The van der Waals surface area contributed by atoms with E-state index in [9.17, 15) is 15.0 Å². The number of carbonyl (C=O) groups is 1. The molecule has 0 spiro atoms. The standard InChI is InChI=1S/C27H46O4/c1-6-18-22-15-17(28)11-13-27(22,4)21-12-14-26(3)19(16(2)7-10-23(29)31-5)8-9-20(26)24(21)25(18)30/h16-22,24-25,28,30H,6-15H2,1-5H3/t16-,17-,18-,19-,20?,21?,22+,24+,25-,26-,27-/m1/s1. The molecule has 0 radical (unpaired) electrons. The predicted molar refractivity (Wildman–Crippen MR) is 122 cm³/mol. The molecule has 2 unspecified atom stereocenters. The molecule has 31 heavy (non-hydrogen) atoms. The van der Waals surface area contributed by atoms with Crippen molar-refractivity contribution in [3.63, 3.8) is 0 Å². The van der Waals surface area contributed by atoms with Gasteiger partial charge in [-0.3, -0.25) is 4.79 Å². The van der Waals surface area contributed by atoms with Crippen LogP contribution < -0.4 is 0 Å². The van der Waals surface area contributed by atoms with E-state index in [1.54, 1.807) is 0 Å². The summed E-state index contributed by atoms with van der Waals surface area (Å²) in [5.74, 6) is 3.41. The molecule has 0 aromatic rings. The number of ether oxygens (including phenoxy) is 1. The lowest BCUT2D eigenvalue weighted by molar-refractivity contribution is -0.203. The number of carbonyl (C=O) groups excluding carboxylic acids is 1. The monoisotopic (exact) mass is 434 g/mol. The van der Waals surface area contributed by atoms with E-state index in [-0.39, 0.29) is 29.0 Å². The molecule has 0 aromatic heterocycles. The largest absolute Gasteiger partial charge is 0.469 e. The van der Waals surface area contributed by atoms with Crippen molar-refractivity contribution in [2.45, 2.75) is 104 Å². The summed E-state index contributed by atoms with van der Waals surface area (Å²) in [5, 5.41) is 22.2. The molecule has 4 heteroatoms. The van der Waals surface area contributed by atoms with Gasteiger partial charge in [0.1, 0.15) is 0 Å². The molecule has 178 valence electrons. The van der Waals surface area contributed by atoms with Crippen LogP contribution in [-0.4, -0.2) is 35.5 Å². The number of fused-ring (bicyclic) bond motifs is 5. The lowest BCUT2D eigenvalue weighted by Crippen LogP contribution is -2.62. The molecular formula is C27H46O4. The molecule has 4 rings (SSSR count). The second-order valence-electron chi connectivity index (χ2n) is 12.2. The van der Waals surface area contributed by atoms with Crippen molar-refractivity contribution in [2.75, 3.05) is 7.11 Å². The van der Waals surface area contributed by atoms with Gasteiger partial charge < -0.3 is 14.9 Å². The second kappa shape index (κ2) is 8.63. The van der Waals surface area contributed by atoms with Gasteiger partial charge in [0.05, 0.1) is 19.3 Å². The van der Waals surface area contributed by atoms with Crippen LogP contribution in [0.5, 0.6) is 0 Å². The normalized spacial score (nSPS) is 50.2. The molecule has 0 bridgehead atoms. The van der Waals surface area contributed by atoms with Crippen molar-refractivity contribution in [3.8, 4) is 0 Å². The van der Waals surface area contributed by atoms with Crippen molar-refractivity contribution < 1.29 is 19.7 Å². The van der Waals surface area contributed by atoms with Crippen molar-refractivity contribution in [1.29, 1.82) is 0 Å². The van der Waals surface area contributed by atoms with E-state index in [0.29, 0.717) is 47.8 Å². The fraction of sp³-hybridized carbons (Fsp3) is 0.963. The van der Waals surface area contributed by atoms with Gasteiger partial charge in [-0.2, -0.15) is 0 Å². The minimum Gasteiger partial charge on any atom is -0.469 e. The number of aliphatic hydroxyl groups is 2. The second-order valence-corrected chi connectivity index (χ2v) is 12.2. The Morgan fingerprint density at radius 1 is 1.03 bits per heavy atom. The highest BCUT2D eigenvalue weighted by atomic mass is 16.5. The SMILES string of the molecule is CC[C@H]1[C@@H](O)[C@H]2C3CC[C@H]([C@H](C)CCC(=O)OC)[C@@]3(C)CCC2[C@@]2(C)CC[C@@H](O)C[C@@H]12. The van der Waals surface area contributed by atoms with Crippen LogP contribution >= 0.6 is 0 Å². The fourth-order valence-electron chi connectivity index (χ4n) is 9.58. The Morgan fingerprint density at radius 3 is 2.39 bits per heavy atom. The van der Waals surface area contributed by atoms with Crippen molar-refractivity contribution >= 4 is 5.97 Å². The van der Waals surface area contributed by atoms with Crippen LogP contribution in [-0.2, 0) is 9.53 Å². The van der Waals surface area contributed by atoms with E-state index in [4.69, 9.17) is 4.74 Å². The van der Waals surface area contributed by atoms with Gasteiger partial charge in [-0.15, -0.1) is 0 Å². The lowest BCUT2D eigenvalue weighted by atomic mass is 9.41.